The van der Waals surface area contributed by atoms with E-state index in [1.165, 1.54) is 4.90 Å². The van der Waals surface area contributed by atoms with Crippen LogP contribution in [-0.2, 0) is 32.6 Å². The molecule has 3 aromatic rings. The molecule has 0 aliphatic heterocycles. The number of hydrogen-bond acceptors (Lipinski definition) is 4. The quantitative estimate of drug-likeness (QED) is 0.338. The molecule has 9 heteroatoms. The summed E-state index contributed by atoms with van der Waals surface area (Å²) in [5.74, 6) is -0.568. The minimum Gasteiger partial charge on any atom is -0.354 e. The van der Waals surface area contributed by atoms with Crippen LogP contribution in [0, 0.1) is 12.8 Å². The van der Waals surface area contributed by atoms with Crippen molar-refractivity contribution in [3.8, 4) is 0 Å². The summed E-state index contributed by atoms with van der Waals surface area (Å²) in [7, 11) is -3.80. The number of carbonyl (C=O) groups is 2. The van der Waals surface area contributed by atoms with E-state index in [4.69, 9.17) is 11.6 Å². The van der Waals surface area contributed by atoms with Crippen molar-refractivity contribution in [1.29, 1.82) is 0 Å². The van der Waals surface area contributed by atoms with E-state index in [1.807, 2.05) is 51.1 Å². The number of hydrogen-bond donors (Lipinski definition) is 1. The Hall–Kier alpha value is -3.36. The number of halogens is 1. The standard InChI is InChI=1S/C30H36ClN3O4S/c1-22(2)19-32-30(36)28(18-24-8-6-5-7-9-24)33(20-25-12-14-26(31)15-13-25)29(35)21-34(39(4,37)38)27-16-10-23(3)11-17-27/h5-17,22,28H,18-21H2,1-4H3,(H,32,36)/t28-/m1/s1. The van der Waals surface area contributed by atoms with Crippen LogP contribution in [0.1, 0.15) is 30.5 Å². The molecular formula is C30H36ClN3O4S. The van der Waals surface area contributed by atoms with Gasteiger partial charge in [-0.05, 0) is 48.2 Å². The maximum absolute atomic E-state index is 14.0. The second-order valence-corrected chi connectivity index (χ2v) is 12.4. The molecule has 7 nitrogen and oxygen atoms in total. The average molecular weight is 570 g/mol. The van der Waals surface area contributed by atoms with E-state index >= 15 is 0 Å². The lowest BCUT2D eigenvalue weighted by atomic mass is 10.0. The molecule has 39 heavy (non-hydrogen) atoms. The summed E-state index contributed by atoms with van der Waals surface area (Å²) < 4.78 is 26.7. The molecule has 0 spiro atoms. The maximum Gasteiger partial charge on any atom is 0.244 e. The number of benzene rings is 3. The normalized spacial score (nSPS) is 12.2. The highest BCUT2D eigenvalue weighted by molar-refractivity contribution is 7.92. The highest BCUT2D eigenvalue weighted by Crippen LogP contribution is 2.21. The number of anilines is 1. The van der Waals surface area contributed by atoms with Crippen LogP contribution >= 0.6 is 11.6 Å². The van der Waals surface area contributed by atoms with Crippen molar-refractivity contribution < 1.29 is 18.0 Å². The Kier molecular flexibility index (Phi) is 10.5. The number of carbonyl (C=O) groups excluding carboxylic acids is 2. The van der Waals surface area contributed by atoms with Gasteiger partial charge in [-0.25, -0.2) is 8.42 Å². The highest BCUT2D eigenvalue weighted by Gasteiger charge is 2.33. The van der Waals surface area contributed by atoms with Crippen molar-refractivity contribution in [3.63, 3.8) is 0 Å². The van der Waals surface area contributed by atoms with Gasteiger partial charge < -0.3 is 10.2 Å². The number of nitrogens with one attached hydrogen (secondary N) is 1. The predicted molar refractivity (Wildman–Crippen MR) is 157 cm³/mol. The molecule has 0 bridgehead atoms. The van der Waals surface area contributed by atoms with Gasteiger partial charge in [0.05, 0.1) is 11.9 Å². The van der Waals surface area contributed by atoms with Crippen molar-refractivity contribution in [2.24, 2.45) is 5.92 Å². The molecular weight excluding hydrogens is 534 g/mol. The van der Waals surface area contributed by atoms with Gasteiger partial charge in [0.25, 0.3) is 0 Å². The van der Waals surface area contributed by atoms with Crippen molar-refractivity contribution >= 4 is 39.1 Å². The third-order valence-corrected chi connectivity index (χ3v) is 7.62. The Labute approximate surface area is 236 Å². The molecule has 1 N–H and O–H groups in total. The number of amides is 2. The van der Waals surface area contributed by atoms with Crippen LogP contribution in [0.25, 0.3) is 0 Å². The van der Waals surface area contributed by atoms with Gasteiger partial charge >= 0.3 is 0 Å². The van der Waals surface area contributed by atoms with Crippen LogP contribution in [0.4, 0.5) is 5.69 Å². The molecule has 0 radical (unpaired) electrons. The molecule has 208 valence electrons. The largest absolute Gasteiger partial charge is 0.354 e. The van der Waals surface area contributed by atoms with Crippen LogP contribution in [0.2, 0.25) is 5.02 Å². The van der Waals surface area contributed by atoms with E-state index in [0.717, 1.165) is 27.3 Å². The Balaban J connectivity index is 2.03. The molecule has 0 saturated carbocycles. The maximum atomic E-state index is 14.0. The highest BCUT2D eigenvalue weighted by atomic mass is 35.5. The molecule has 0 unspecified atom stereocenters. The van der Waals surface area contributed by atoms with E-state index in [0.29, 0.717) is 17.3 Å². The first-order valence-corrected chi connectivity index (χ1v) is 15.1. The smallest absolute Gasteiger partial charge is 0.244 e. The Morgan fingerprint density at radius 2 is 1.51 bits per heavy atom. The lowest BCUT2D eigenvalue weighted by Crippen LogP contribution is -2.53. The SMILES string of the molecule is Cc1ccc(N(CC(=O)N(Cc2ccc(Cl)cc2)[C@H](Cc2ccccc2)C(=O)NCC(C)C)S(C)(=O)=O)cc1. The monoisotopic (exact) mass is 569 g/mol. The first-order chi connectivity index (χ1) is 18.4. The van der Waals surface area contributed by atoms with Gasteiger partial charge in [-0.15, -0.1) is 0 Å². The van der Waals surface area contributed by atoms with Crippen molar-refractivity contribution in [1.82, 2.24) is 10.2 Å². The summed E-state index contributed by atoms with van der Waals surface area (Å²) in [5.41, 5.74) is 3.00. The summed E-state index contributed by atoms with van der Waals surface area (Å²) >= 11 is 6.08. The zero-order valence-electron chi connectivity index (χ0n) is 22.8. The number of aryl methyl sites for hydroxylation is 1. The molecule has 0 aliphatic rings. The molecule has 1 atom stereocenters. The molecule has 0 aliphatic carbocycles. The lowest BCUT2D eigenvalue weighted by Gasteiger charge is -2.33. The number of sulfonamides is 1. The van der Waals surface area contributed by atoms with Gasteiger partial charge in [0.1, 0.15) is 12.6 Å². The van der Waals surface area contributed by atoms with Crippen LogP contribution in [0.3, 0.4) is 0 Å². The summed E-state index contributed by atoms with van der Waals surface area (Å²) in [6.07, 6.45) is 1.34. The summed E-state index contributed by atoms with van der Waals surface area (Å²) in [6, 6.07) is 22.6. The van der Waals surface area contributed by atoms with Crippen molar-refractivity contribution in [2.45, 2.75) is 39.8 Å². The molecule has 3 rings (SSSR count). The Morgan fingerprint density at radius 1 is 0.897 bits per heavy atom. The van der Waals surface area contributed by atoms with E-state index in [-0.39, 0.29) is 24.8 Å². The second kappa shape index (κ2) is 13.6. The minimum absolute atomic E-state index is 0.105. The number of nitrogens with zero attached hydrogens (tertiary/aromatic N) is 2. The molecule has 0 fully saturated rings. The van der Waals surface area contributed by atoms with Gasteiger partial charge in [0, 0.05) is 24.5 Å². The molecule has 0 heterocycles. The van der Waals surface area contributed by atoms with Crippen LogP contribution in [0.5, 0.6) is 0 Å². The van der Waals surface area contributed by atoms with Gasteiger partial charge in [0.15, 0.2) is 0 Å². The first kappa shape index (κ1) is 30.2. The summed E-state index contributed by atoms with van der Waals surface area (Å²) in [6.45, 7) is 6.00. The Morgan fingerprint density at radius 3 is 2.08 bits per heavy atom. The van der Waals surface area contributed by atoms with E-state index in [1.54, 1.807) is 48.5 Å². The van der Waals surface area contributed by atoms with Crippen LogP contribution in [0.15, 0.2) is 78.9 Å². The zero-order valence-corrected chi connectivity index (χ0v) is 24.4. The molecule has 3 aromatic carbocycles. The van der Waals surface area contributed by atoms with E-state index < -0.39 is 28.5 Å². The number of rotatable bonds is 12. The summed E-state index contributed by atoms with van der Waals surface area (Å²) in [5, 5.41) is 3.52. The summed E-state index contributed by atoms with van der Waals surface area (Å²) in [4.78, 5) is 29.0. The Bertz CT molecular complexity index is 1350. The third kappa shape index (κ3) is 9.11. The van der Waals surface area contributed by atoms with Gasteiger partial charge in [0.2, 0.25) is 21.8 Å². The van der Waals surface area contributed by atoms with Crippen LogP contribution < -0.4 is 9.62 Å². The zero-order chi connectivity index (χ0) is 28.6. The fourth-order valence-electron chi connectivity index (χ4n) is 4.09. The molecule has 2 amide bonds. The van der Waals surface area contributed by atoms with Gasteiger partial charge in [-0.3, -0.25) is 13.9 Å². The van der Waals surface area contributed by atoms with Crippen LogP contribution in [-0.4, -0.2) is 50.5 Å². The molecule has 0 aromatic heterocycles. The third-order valence-electron chi connectivity index (χ3n) is 6.22. The molecule has 0 saturated heterocycles. The van der Waals surface area contributed by atoms with Gasteiger partial charge in [-0.1, -0.05) is 85.6 Å². The van der Waals surface area contributed by atoms with E-state index in [9.17, 15) is 18.0 Å². The fraction of sp³-hybridized carbons (Fsp3) is 0.333. The lowest BCUT2D eigenvalue weighted by molar-refractivity contribution is -0.140. The minimum atomic E-state index is -3.80. The second-order valence-electron chi connectivity index (χ2n) is 10.1. The van der Waals surface area contributed by atoms with E-state index in [2.05, 4.69) is 5.32 Å². The first-order valence-electron chi connectivity index (χ1n) is 12.8. The van der Waals surface area contributed by atoms with Gasteiger partial charge in [-0.2, -0.15) is 0 Å². The average Bonchev–Trinajstić information content (AvgIpc) is 2.89. The van der Waals surface area contributed by atoms with Crippen molar-refractivity contribution in [2.75, 3.05) is 23.7 Å². The van der Waals surface area contributed by atoms with Crippen molar-refractivity contribution in [3.05, 3.63) is 101 Å². The topological polar surface area (TPSA) is 86.8 Å². The predicted octanol–water partition coefficient (Wildman–Crippen LogP) is 4.83. The fourth-order valence-corrected chi connectivity index (χ4v) is 5.06.